The van der Waals surface area contributed by atoms with Gasteiger partial charge in [0.25, 0.3) is 0 Å². The highest BCUT2D eigenvalue weighted by molar-refractivity contribution is 4.94. The fourth-order valence-electron chi connectivity index (χ4n) is 5.03. The molecule has 1 N–H and O–H groups in total. The molecule has 124 valence electrons. The fraction of sp³-hybridized carbons (Fsp3) is 1.00. The van der Waals surface area contributed by atoms with Gasteiger partial charge in [0.2, 0.25) is 0 Å². The van der Waals surface area contributed by atoms with Crippen molar-refractivity contribution in [2.75, 3.05) is 19.6 Å². The van der Waals surface area contributed by atoms with Crippen molar-refractivity contribution in [1.29, 1.82) is 0 Å². The van der Waals surface area contributed by atoms with Gasteiger partial charge in [-0.3, -0.25) is 4.90 Å². The Hall–Kier alpha value is -0.0800. The van der Waals surface area contributed by atoms with Gasteiger partial charge in [-0.25, -0.2) is 0 Å². The first kappa shape index (κ1) is 17.3. The molecule has 1 unspecified atom stereocenters. The van der Waals surface area contributed by atoms with Gasteiger partial charge in [-0.05, 0) is 62.4 Å². The minimum Gasteiger partial charge on any atom is -0.313 e. The van der Waals surface area contributed by atoms with Gasteiger partial charge in [-0.1, -0.05) is 41.0 Å². The Morgan fingerprint density at radius 2 is 1.76 bits per heavy atom. The molecule has 0 amide bonds. The summed E-state index contributed by atoms with van der Waals surface area (Å²) >= 11 is 0. The first-order chi connectivity index (χ1) is 9.81. The van der Waals surface area contributed by atoms with E-state index in [-0.39, 0.29) is 0 Å². The van der Waals surface area contributed by atoms with Crippen molar-refractivity contribution in [3.8, 4) is 0 Å². The molecule has 2 fully saturated rings. The second-order valence-electron chi connectivity index (χ2n) is 9.21. The topological polar surface area (TPSA) is 15.3 Å². The number of rotatable bonds is 6. The maximum absolute atomic E-state index is 3.70. The molecule has 1 aliphatic heterocycles. The Balaban J connectivity index is 2.03. The van der Waals surface area contributed by atoms with Crippen LogP contribution in [0.1, 0.15) is 79.6 Å². The molecule has 0 radical (unpaired) electrons. The zero-order valence-electron chi connectivity index (χ0n) is 15.2. The van der Waals surface area contributed by atoms with Crippen LogP contribution in [-0.2, 0) is 0 Å². The van der Waals surface area contributed by atoms with E-state index < -0.39 is 0 Å². The van der Waals surface area contributed by atoms with E-state index in [1.165, 1.54) is 64.6 Å². The molecule has 2 aliphatic rings. The lowest BCUT2D eigenvalue weighted by molar-refractivity contribution is 0.0204. The predicted octanol–water partition coefficient (Wildman–Crippen LogP) is 4.45. The van der Waals surface area contributed by atoms with E-state index >= 15 is 0 Å². The third kappa shape index (κ3) is 5.25. The highest BCUT2D eigenvalue weighted by Crippen LogP contribution is 2.47. The van der Waals surface area contributed by atoms with Gasteiger partial charge in [0.05, 0.1) is 0 Å². The van der Waals surface area contributed by atoms with E-state index in [0.29, 0.717) is 10.8 Å². The summed E-state index contributed by atoms with van der Waals surface area (Å²) < 4.78 is 0. The molecule has 1 saturated heterocycles. The molecular weight excluding hydrogens is 256 g/mol. The highest BCUT2D eigenvalue weighted by atomic mass is 15.2. The Morgan fingerprint density at radius 3 is 2.29 bits per heavy atom. The SMILES string of the molecule is CCCCN(CC1CCCN1)C1CC(C)(C)CC(C)(C)C1. The number of unbranched alkanes of at least 4 members (excludes halogenated alkanes) is 1. The molecule has 2 heteroatoms. The van der Waals surface area contributed by atoms with Crippen LogP contribution in [0, 0.1) is 10.8 Å². The second kappa shape index (κ2) is 7.00. The molecule has 0 bridgehead atoms. The Morgan fingerprint density at radius 1 is 1.10 bits per heavy atom. The largest absolute Gasteiger partial charge is 0.313 e. The number of hydrogen-bond donors (Lipinski definition) is 1. The van der Waals surface area contributed by atoms with Gasteiger partial charge in [0.15, 0.2) is 0 Å². The average Bonchev–Trinajstić information content (AvgIpc) is 2.83. The normalized spacial score (nSPS) is 29.1. The summed E-state index contributed by atoms with van der Waals surface area (Å²) in [4.78, 5) is 2.84. The lowest BCUT2D eigenvalue weighted by Crippen LogP contribution is -2.50. The molecule has 2 nitrogen and oxygen atoms in total. The predicted molar refractivity (Wildman–Crippen MR) is 92.7 cm³/mol. The van der Waals surface area contributed by atoms with E-state index in [1.54, 1.807) is 0 Å². The van der Waals surface area contributed by atoms with Crippen LogP contribution in [-0.4, -0.2) is 36.6 Å². The van der Waals surface area contributed by atoms with Crippen LogP contribution in [0.15, 0.2) is 0 Å². The van der Waals surface area contributed by atoms with Crippen molar-refractivity contribution in [3.63, 3.8) is 0 Å². The monoisotopic (exact) mass is 294 g/mol. The molecule has 1 heterocycles. The second-order valence-corrected chi connectivity index (χ2v) is 9.21. The van der Waals surface area contributed by atoms with Gasteiger partial charge in [-0.15, -0.1) is 0 Å². The van der Waals surface area contributed by atoms with Crippen LogP contribution in [0.4, 0.5) is 0 Å². The fourth-order valence-corrected chi connectivity index (χ4v) is 5.03. The summed E-state index contributed by atoms with van der Waals surface area (Å²) in [6, 6.07) is 1.53. The maximum Gasteiger partial charge on any atom is 0.0195 e. The Bertz CT molecular complexity index is 300. The van der Waals surface area contributed by atoms with Gasteiger partial charge in [0, 0.05) is 18.6 Å². The minimum absolute atomic E-state index is 0.500. The third-order valence-electron chi connectivity index (χ3n) is 5.47. The van der Waals surface area contributed by atoms with Crippen molar-refractivity contribution in [3.05, 3.63) is 0 Å². The summed E-state index contributed by atoms with van der Waals surface area (Å²) in [6.07, 6.45) is 9.55. The zero-order chi connectivity index (χ0) is 15.5. The van der Waals surface area contributed by atoms with Crippen molar-refractivity contribution in [1.82, 2.24) is 10.2 Å². The molecule has 1 saturated carbocycles. The molecule has 2 rings (SSSR count). The number of hydrogen-bond acceptors (Lipinski definition) is 2. The minimum atomic E-state index is 0.500. The van der Waals surface area contributed by atoms with Crippen molar-refractivity contribution in [2.24, 2.45) is 10.8 Å². The standard InChI is InChI=1S/C19H38N2/c1-6-7-11-21(14-16-9-8-10-20-16)17-12-18(2,3)15-19(4,5)13-17/h16-17,20H,6-15H2,1-5H3. The van der Waals surface area contributed by atoms with Crippen LogP contribution >= 0.6 is 0 Å². The highest BCUT2D eigenvalue weighted by Gasteiger charge is 2.40. The van der Waals surface area contributed by atoms with E-state index in [9.17, 15) is 0 Å². The smallest absolute Gasteiger partial charge is 0.0195 e. The molecule has 1 atom stereocenters. The van der Waals surface area contributed by atoms with E-state index in [4.69, 9.17) is 0 Å². The van der Waals surface area contributed by atoms with Crippen LogP contribution in [0.3, 0.4) is 0 Å². The molecule has 0 aromatic heterocycles. The van der Waals surface area contributed by atoms with Crippen LogP contribution in [0.25, 0.3) is 0 Å². The van der Waals surface area contributed by atoms with Gasteiger partial charge < -0.3 is 5.32 Å². The quantitative estimate of drug-likeness (QED) is 0.779. The van der Waals surface area contributed by atoms with Gasteiger partial charge in [-0.2, -0.15) is 0 Å². The van der Waals surface area contributed by atoms with E-state index in [0.717, 1.165) is 12.1 Å². The average molecular weight is 295 g/mol. The number of nitrogens with one attached hydrogen (secondary N) is 1. The number of nitrogens with zero attached hydrogens (tertiary/aromatic N) is 1. The van der Waals surface area contributed by atoms with E-state index in [2.05, 4.69) is 44.8 Å². The summed E-state index contributed by atoms with van der Waals surface area (Å²) in [5.41, 5.74) is 1.000. The first-order valence-electron chi connectivity index (χ1n) is 9.29. The summed E-state index contributed by atoms with van der Waals surface area (Å²) in [5, 5.41) is 3.70. The summed E-state index contributed by atoms with van der Waals surface area (Å²) in [6.45, 7) is 16.0. The van der Waals surface area contributed by atoms with Gasteiger partial charge in [0.1, 0.15) is 0 Å². The molecule has 1 aliphatic carbocycles. The van der Waals surface area contributed by atoms with Crippen molar-refractivity contribution < 1.29 is 0 Å². The van der Waals surface area contributed by atoms with Crippen LogP contribution < -0.4 is 5.32 Å². The van der Waals surface area contributed by atoms with E-state index in [1.807, 2.05) is 0 Å². The Labute approximate surface area is 133 Å². The zero-order valence-corrected chi connectivity index (χ0v) is 15.2. The molecule has 0 aromatic carbocycles. The lowest BCUT2D eigenvalue weighted by Gasteiger charge is -2.49. The maximum atomic E-state index is 3.70. The van der Waals surface area contributed by atoms with Crippen LogP contribution in [0.5, 0.6) is 0 Å². The molecule has 0 spiro atoms. The molecule has 0 aromatic rings. The first-order valence-corrected chi connectivity index (χ1v) is 9.29. The van der Waals surface area contributed by atoms with Crippen molar-refractivity contribution >= 4 is 0 Å². The van der Waals surface area contributed by atoms with Gasteiger partial charge >= 0.3 is 0 Å². The lowest BCUT2D eigenvalue weighted by atomic mass is 9.63. The Kier molecular flexibility index (Phi) is 5.76. The third-order valence-corrected chi connectivity index (χ3v) is 5.47. The summed E-state index contributed by atoms with van der Waals surface area (Å²) in [7, 11) is 0. The summed E-state index contributed by atoms with van der Waals surface area (Å²) in [5.74, 6) is 0. The molecular formula is C19H38N2. The van der Waals surface area contributed by atoms with Crippen molar-refractivity contribution in [2.45, 2.75) is 91.6 Å². The molecule has 21 heavy (non-hydrogen) atoms. The van der Waals surface area contributed by atoms with Crippen LogP contribution in [0.2, 0.25) is 0 Å².